The number of aromatic nitrogens is 1. The van der Waals surface area contributed by atoms with E-state index in [0.29, 0.717) is 0 Å². The molecule has 0 spiro atoms. The summed E-state index contributed by atoms with van der Waals surface area (Å²) in [5.74, 6) is 0. The Hall–Kier alpha value is -9.24. The minimum Gasteiger partial charge on any atom is -0.310 e. The molecular weight excluding hydrogens is 869 g/mol. The molecule has 0 N–H and O–H groups in total. The first-order valence-electron chi connectivity index (χ1n) is 25.1. The highest BCUT2D eigenvalue weighted by Crippen LogP contribution is 2.44. The summed E-state index contributed by atoms with van der Waals surface area (Å²) in [7, 11) is 0. The molecular formula is C70H48N2. The van der Waals surface area contributed by atoms with Crippen LogP contribution in [0.4, 0.5) is 17.1 Å². The monoisotopic (exact) mass is 916 g/mol. The van der Waals surface area contributed by atoms with Crippen LogP contribution in [-0.4, -0.2) is 4.57 Å². The van der Waals surface area contributed by atoms with Crippen molar-refractivity contribution in [2.45, 2.75) is 12.8 Å². The molecule has 0 saturated carbocycles. The average molecular weight is 917 g/mol. The van der Waals surface area contributed by atoms with Gasteiger partial charge >= 0.3 is 0 Å². The first-order valence-corrected chi connectivity index (χ1v) is 25.1. The van der Waals surface area contributed by atoms with Crippen LogP contribution in [0, 0.1) is 0 Å². The van der Waals surface area contributed by atoms with E-state index in [4.69, 9.17) is 0 Å². The van der Waals surface area contributed by atoms with E-state index in [1.165, 1.54) is 104 Å². The second kappa shape index (κ2) is 17.3. The third-order valence-electron chi connectivity index (χ3n) is 15.0. The van der Waals surface area contributed by atoms with Gasteiger partial charge in [-0.3, -0.25) is 0 Å². The van der Waals surface area contributed by atoms with Crippen LogP contribution in [-0.2, 0) is 6.42 Å². The van der Waals surface area contributed by atoms with Crippen LogP contribution >= 0.6 is 0 Å². The molecule has 72 heavy (non-hydrogen) atoms. The summed E-state index contributed by atoms with van der Waals surface area (Å²) in [5.41, 5.74) is 19.3. The van der Waals surface area contributed by atoms with Gasteiger partial charge in [0.25, 0.3) is 0 Å². The number of hydrogen-bond donors (Lipinski definition) is 0. The SMILES string of the molecule is C1=Cc2c(cccc2-c2ccc(-c3ccc(N(c4ccc(-c5ccc6c(ccc7ccccc76)c5)cc4)c4cccc(-c5cccc6c5c5ccc7ccccc7c5n6-c5ccccc5)c4)cc3)cc2)CC1. The lowest BCUT2D eigenvalue weighted by Gasteiger charge is -2.26. The molecule has 14 rings (SSSR count). The molecule has 1 aliphatic rings. The van der Waals surface area contributed by atoms with Gasteiger partial charge in [0.15, 0.2) is 0 Å². The van der Waals surface area contributed by atoms with E-state index < -0.39 is 0 Å². The van der Waals surface area contributed by atoms with Gasteiger partial charge in [0.1, 0.15) is 0 Å². The fraction of sp³-hybridized carbons (Fsp3) is 0.0286. The number of hydrogen-bond acceptors (Lipinski definition) is 1. The van der Waals surface area contributed by atoms with Gasteiger partial charge in [-0.1, -0.05) is 206 Å². The highest BCUT2D eigenvalue weighted by Gasteiger charge is 2.20. The predicted octanol–water partition coefficient (Wildman–Crippen LogP) is 19.3. The van der Waals surface area contributed by atoms with Gasteiger partial charge in [-0.2, -0.15) is 0 Å². The zero-order valence-corrected chi connectivity index (χ0v) is 39.7. The molecule has 0 atom stereocenters. The molecule has 0 amide bonds. The topological polar surface area (TPSA) is 8.17 Å². The number of para-hydroxylation sites is 1. The van der Waals surface area contributed by atoms with Gasteiger partial charge < -0.3 is 9.47 Å². The van der Waals surface area contributed by atoms with Crippen LogP contribution in [0.5, 0.6) is 0 Å². The lowest BCUT2D eigenvalue weighted by Crippen LogP contribution is -2.10. The fourth-order valence-electron chi connectivity index (χ4n) is 11.5. The normalized spacial score (nSPS) is 12.3. The van der Waals surface area contributed by atoms with Crippen LogP contribution < -0.4 is 4.90 Å². The third-order valence-corrected chi connectivity index (χ3v) is 15.0. The minimum absolute atomic E-state index is 1.09. The van der Waals surface area contributed by atoms with Crippen molar-refractivity contribution in [1.82, 2.24) is 4.57 Å². The molecule has 2 nitrogen and oxygen atoms in total. The van der Waals surface area contributed by atoms with E-state index in [-0.39, 0.29) is 0 Å². The van der Waals surface area contributed by atoms with E-state index in [1.54, 1.807) is 0 Å². The molecule has 2 heteroatoms. The van der Waals surface area contributed by atoms with E-state index in [0.717, 1.165) is 41.2 Å². The summed E-state index contributed by atoms with van der Waals surface area (Å²) in [6.07, 6.45) is 6.81. The number of anilines is 3. The van der Waals surface area contributed by atoms with Crippen molar-refractivity contribution in [2.75, 3.05) is 4.90 Å². The quantitative estimate of drug-likeness (QED) is 0.138. The second-order valence-corrected chi connectivity index (χ2v) is 19.2. The molecule has 0 fully saturated rings. The molecule has 12 aromatic carbocycles. The van der Waals surface area contributed by atoms with Gasteiger partial charge in [-0.05, 0) is 156 Å². The van der Waals surface area contributed by atoms with Gasteiger partial charge in [-0.25, -0.2) is 0 Å². The lowest BCUT2D eigenvalue weighted by atomic mass is 9.89. The predicted molar refractivity (Wildman–Crippen MR) is 307 cm³/mol. The maximum absolute atomic E-state index is 2.45. The Balaban J connectivity index is 0.877. The third kappa shape index (κ3) is 7.10. The fourth-order valence-corrected chi connectivity index (χ4v) is 11.5. The first kappa shape index (κ1) is 41.7. The first-order chi connectivity index (χ1) is 35.7. The molecule has 0 aliphatic heterocycles. The Morgan fingerprint density at radius 1 is 0.347 bits per heavy atom. The summed E-state index contributed by atoms with van der Waals surface area (Å²) in [4.78, 5) is 2.40. The van der Waals surface area contributed by atoms with E-state index in [9.17, 15) is 0 Å². The number of allylic oxidation sites excluding steroid dienone is 1. The molecule has 1 heterocycles. The Labute approximate surface area is 419 Å². The van der Waals surface area contributed by atoms with Crippen molar-refractivity contribution in [2.24, 2.45) is 0 Å². The van der Waals surface area contributed by atoms with Crippen molar-refractivity contribution in [3.8, 4) is 50.2 Å². The molecule has 338 valence electrons. The standard InChI is InChI=1S/C70H48N2/c1-2-18-57(19-3-1)72-68-26-12-25-65(69(68)67-44-37-52-15-6-9-23-66(52)70(67)72)55-17-10-20-60(46-55)71(59-41-35-49(36-42-59)54-38-43-64-56(45-54)32-31-51-14-5-8-22-62(51)64)58-39-33-48(34-40-58)47-27-29-53(30-28-47)63-24-11-16-50-13-4-7-21-61(50)63/h1-3,5-12,14-46H,4,13H2. The van der Waals surface area contributed by atoms with Gasteiger partial charge in [-0.15, -0.1) is 0 Å². The van der Waals surface area contributed by atoms with Gasteiger partial charge in [0, 0.05) is 38.9 Å². The Kier molecular flexibility index (Phi) is 10.0. The van der Waals surface area contributed by atoms with Gasteiger partial charge in [0.05, 0.1) is 11.0 Å². The molecule has 1 aromatic heterocycles. The maximum Gasteiger partial charge on any atom is 0.0619 e. The van der Waals surface area contributed by atoms with Crippen LogP contribution in [0.2, 0.25) is 0 Å². The van der Waals surface area contributed by atoms with E-state index >= 15 is 0 Å². The number of rotatable bonds is 8. The van der Waals surface area contributed by atoms with Crippen molar-refractivity contribution in [1.29, 1.82) is 0 Å². The molecule has 0 radical (unpaired) electrons. The summed E-state index contributed by atoms with van der Waals surface area (Å²) >= 11 is 0. The second-order valence-electron chi connectivity index (χ2n) is 19.2. The van der Waals surface area contributed by atoms with Crippen molar-refractivity contribution < 1.29 is 0 Å². The van der Waals surface area contributed by atoms with Crippen LogP contribution in [0.3, 0.4) is 0 Å². The summed E-state index contributed by atoms with van der Waals surface area (Å²) in [6, 6.07) is 94.0. The highest BCUT2D eigenvalue weighted by atomic mass is 15.1. The van der Waals surface area contributed by atoms with Crippen LogP contribution in [0.15, 0.2) is 261 Å². The average Bonchev–Trinajstić information content (AvgIpc) is 3.81. The summed E-state index contributed by atoms with van der Waals surface area (Å²) in [5, 5.41) is 10.0. The zero-order chi connectivity index (χ0) is 47.5. The molecule has 0 unspecified atom stereocenters. The molecule has 0 saturated heterocycles. The van der Waals surface area contributed by atoms with Crippen LogP contribution in [0.25, 0.3) is 110 Å². The van der Waals surface area contributed by atoms with Crippen LogP contribution in [0.1, 0.15) is 17.5 Å². The summed E-state index contributed by atoms with van der Waals surface area (Å²) in [6.45, 7) is 0. The minimum atomic E-state index is 1.09. The Morgan fingerprint density at radius 2 is 0.931 bits per heavy atom. The summed E-state index contributed by atoms with van der Waals surface area (Å²) < 4.78 is 2.45. The highest BCUT2D eigenvalue weighted by molar-refractivity contribution is 6.22. The molecule has 1 aliphatic carbocycles. The zero-order valence-electron chi connectivity index (χ0n) is 39.7. The number of aryl methyl sites for hydroxylation is 1. The van der Waals surface area contributed by atoms with Crippen molar-refractivity contribution >= 4 is 77.3 Å². The lowest BCUT2D eigenvalue weighted by molar-refractivity contribution is 0.986. The van der Waals surface area contributed by atoms with E-state index in [2.05, 4.69) is 276 Å². The smallest absolute Gasteiger partial charge is 0.0619 e. The Morgan fingerprint density at radius 3 is 1.72 bits per heavy atom. The number of nitrogens with zero attached hydrogens (tertiary/aromatic N) is 2. The maximum atomic E-state index is 2.45. The van der Waals surface area contributed by atoms with Gasteiger partial charge in [0.2, 0.25) is 0 Å². The van der Waals surface area contributed by atoms with Crippen molar-refractivity contribution in [3.05, 3.63) is 272 Å². The number of benzene rings is 12. The largest absolute Gasteiger partial charge is 0.310 e. The van der Waals surface area contributed by atoms with E-state index in [1.807, 2.05) is 0 Å². The Bertz CT molecular complexity index is 4240. The van der Waals surface area contributed by atoms with Crippen molar-refractivity contribution in [3.63, 3.8) is 0 Å². The number of fused-ring (bicyclic) bond motifs is 9. The molecule has 0 bridgehead atoms. The molecule has 13 aromatic rings.